The summed E-state index contributed by atoms with van der Waals surface area (Å²) in [4.78, 5) is 36.8. The van der Waals surface area contributed by atoms with Gasteiger partial charge in [0, 0.05) is 11.3 Å². The highest BCUT2D eigenvalue weighted by molar-refractivity contribution is 6.17. The average molecular weight is 412 g/mol. The molecule has 6 heteroatoms. The smallest absolute Gasteiger partial charge is 0.340 e. The Hall–Kier alpha value is -4.19. The molecule has 1 atom stereocenters. The largest absolute Gasteiger partial charge is 0.449 e. The van der Waals surface area contributed by atoms with Crippen LogP contribution >= 0.6 is 0 Å². The van der Waals surface area contributed by atoms with Crippen LogP contribution in [0.15, 0.2) is 78.9 Å². The maximum Gasteiger partial charge on any atom is 0.340 e. The molecule has 0 aliphatic carbocycles. The highest BCUT2D eigenvalue weighted by Gasteiger charge is 2.22. The quantitative estimate of drug-likeness (QED) is 0.378. The molecule has 2 amide bonds. The van der Waals surface area contributed by atoms with Crippen LogP contribution in [-0.2, 0) is 9.53 Å². The molecule has 154 valence electrons. The van der Waals surface area contributed by atoms with E-state index in [0.29, 0.717) is 16.8 Å². The van der Waals surface area contributed by atoms with Crippen LogP contribution in [0.2, 0.25) is 0 Å². The van der Waals surface area contributed by atoms with E-state index in [0.717, 1.165) is 21.5 Å². The zero-order valence-corrected chi connectivity index (χ0v) is 16.8. The highest BCUT2D eigenvalue weighted by Crippen LogP contribution is 2.29. The summed E-state index contributed by atoms with van der Waals surface area (Å²) in [5.74, 6) is -1.60. The molecule has 0 unspecified atom stereocenters. The minimum absolute atomic E-state index is 0.334. The number of rotatable bonds is 5. The summed E-state index contributed by atoms with van der Waals surface area (Å²) in [7, 11) is 0. The van der Waals surface area contributed by atoms with Gasteiger partial charge >= 0.3 is 5.97 Å². The monoisotopic (exact) mass is 412 g/mol. The van der Waals surface area contributed by atoms with E-state index in [1.807, 2.05) is 54.6 Å². The number of amides is 2. The third-order valence-corrected chi connectivity index (χ3v) is 5.07. The molecule has 0 aliphatic heterocycles. The van der Waals surface area contributed by atoms with Gasteiger partial charge in [0.15, 0.2) is 6.10 Å². The summed E-state index contributed by atoms with van der Waals surface area (Å²) >= 11 is 0. The normalized spacial score (nSPS) is 11.8. The molecule has 3 N–H and O–H groups in total. The van der Waals surface area contributed by atoms with Gasteiger partial charge in [-0.1, -0.05) is 48.5 Å². The maximum absolute atomic E-state index is 13.1. The molecule has 0 saturated heterocycles. The number of primary amides is 1. The van der Waals surface area contributed by atoms with E-state index in [-0.39, 0.29) is 0 Å². The van der Waals surface area contributed by atoms with Crippen molar-refractivity contribution in [3.8, 4) is 0 Å². The third kappa shape index (κ3) is 4.09. The minimum atomic E-state index is -1.03. The van der Waals surface area contributed by atoms with Crippen molar-refractivity contribution in [1.29, 1.82) is 0 Å². The Labute approximate surface area is 178 Å². The number of benzene rings is 4. The van der Waals surface area contributed by atoms with Gasteiger partial charge in [0.05, 0.1) is 5.56 Å². The average Bonchev–Trinajstić information content (AvgIpc) is 2.77. The van der Waals surface area contributed by atoms with E-state index in [1.54, 1.807) is 12.1 Å². The number of esters is 1. The number of hydrogen-bond acceptors (Lipinski definition) is 4. The van der Waals surface area contributed by atoms with Crippen molar-refractivity contribution in [2.75, 3.05) is 5.32 Å². The van der Waals surface area contributed by atoms with Gasteiger partial charge in [0.25, 0.3) is 5.91 Å². The summed E-state index contributed by atoms with van der Waals surface area (Å²) in [6, 6.07) is 23.3. The van der Waals surface area contributed by atoms with Crippen molar-refractivity contribution < 1.29 is 19.1 Å². The molecule has 0 radical (unpaired) electrons. The second kappa shape index (κ2) is 8.28. The SMILES string of the molecule is C[C@H](OC(=O)c1c2ccccc2cc2ccccc12)C(=O)Nc1ccc(C(N)=O)cc1. The summed E-state index contributed by atoms with van der Waals surface area (Å²) in [5, 5.41) is 6.03. The van der Waals surface area contributed by atoms with Gasteiger partial charge in [0.2, 0.25) is 5.91 Å². The van der Waals surface area contributed by atoms with Crippen molar-refractivity contribution in [3.63, 3.8) is 0 Å². The zero-order valence-electron chi connectivity index (χ0n) is 16.8. The summed E-state index contributed by atoms with van der Waals surface area (Å²) in [6.45, 7) is 1.51. The lowest BCUT2D eigenvalue weighted by Crippen LogP contribution is -2.30. The molecule has 0 bridgehead atoms. The Morgan fingerprint density at radius 3 is 1.94 bits per heavy atom. The Morgan fingerprint density at radius 1 is 0.839 bits per heavy atom. The van der Waals surface area contributed by atoms with Gasteiger partial charge < -0.3 is 15.8 Å². The van der Waals surface area contributed by atoms with Gasteiger partial charge in [0.1, 0.15) is 0 Å². The van der Waals surface area contributed by atoms with Crippen molar-refractivity contribution in [1.82, 2.24) is 0 Å². The number of hydrogen-bond donors (Lipinski definition) is 2. The van der Waals surface area contributed by atoms with E-state index < -0.39 is 23.9 Å². The topological polar surface area (TPSA) is 98.5 Å². The number of anilines is 1. The van der Waals surface area contributed by atoms with Gasteiger partial charge in [-0.15, -0.1) is 0 Å². The van der Waals surface area contributed by atoms with E-state index in [2.05, 4.69) is 5.32 Å². The second-order valence-electron chi connectivity index (χ2n) is 7.17. The van der Waals surface area contributed by atoms with Gasteiger partial charge in [-0.2, -0.15) is 0 Å². The Kier molecular flexibility index (Phi) is 5.37. The van der Waals surface area contributed by atoms with Crippen molar-refractivity contribution in [2.24, 2.45) is 5.73 Å². The highest BCUT2D eigenvalue weighted by atomic mass is 16.5. The molecular formula is C25H20N2O4. The fourth-order valence-corrected chi connectivity index (χ4v) is 3.47. The molecule has 0 aromatic heterocycles. The van der Waals surface area contributed by atoms with Gasteiger partial charge in [-0.3, -0.25) is 9.59 Å². The zero-order chi connectivity index (χ0) is 22.0. The molecule has 0 saturated carbocycles. The van der Waals surface area contributed by atoms with Crippen molar-refractivity contribution in [2.45, 2.75) is 13.0 Å². The first-order valence-corrected chi connectivity index (χ1v) is 9.76. The molecule has 4 aromatic rings. The van der Waals surface area contributed by atoms with Crippen LogP contribution < -0.4 is 11.1 Å². The number of ether oxygens (including phenoxy) is 1. The fourth-order valence-electron chi connectivity index (χ4n) is 3.47. The summed E-state index contributed by atoms with van der Waals surface area (Å²) in [6.07, 6.45) is -1.03. The van der Waals surface area contributed by atoms with Crippen LogP contribution in [-0.4, -0.2) is 23.9 Å². The Balaban J connectivity index is 1.58. The summed E-state index contributed by atoms with van der Waals surface area (Å²) in [5.41, 5.74) is 6.45. The predicted molar refractivity (Wildman–Crippen MR) is 120 cm³/mol. The van der Waals surface area contributed by atoms with Crippen LogP contribution in [0.5, 0.6) is 0 Å². The van der Waals surface area contributed by atoms with E-state index in [4.69, 9.17) is 10.5 Å². The molecule has 0 heterocycles. The fraction of sp³-hybridized carbons (Fsp3) is 0.0800. The Morgan fingerprint density at radius 2 is 1.39 bits per heavy atom. The number of nitrogens with two attached hydrogens (primary N) is 1. The number of fused-ring (bicyclic) bond motifs is 2. The van der Waals surface area contributed by atoms with Gasteiger partial charge in [-0.25, -0.2) is 4.79 Å². The number of carbonyl (C=O) groups excluding carboxylic acids is 3. The molecule has 0 spiro atoms. The lowest BCUT2D eigenvalue weighted by atomic mass is 9.97. The molecule has 0 aliphatic rings. The summed E-state index contributed by atoms with van der Waals surface area (Å²) < 4.78 is 5.52. The molecule has 4 rings (SSSR count). The van der Waals surface area contributed by atoms with Crippen LogP contribution in [0.1, 0.15) is 27.6 Å². The van der Waals surface area contributed by atoms with Gasteiger partial charge in [-0.05, 0) is 58.8 Å². The third-order valence-electron chi connectivity index (χ3n) is 5.07. The molecule has 6 nitrogen and oxygen atoms in total. The maximum atomic E-state index is 13.1. The van der Waals surface area contributed by atoms with Crippen LogP contribution in [0.3, 0.4) is 0 Å². The standard InChI is InChI=1S/C25H20N2O4/c1-15(24(29)27-19-12-10-16(11-13-19)23(26)28)31-25(30)22-20-8-4-2-6-17(20)14-18-7-3-5-9-21(18)22/h2-15H,1H3,(H2,26,28)(H,27,29)/t15-/m0/s1. The molecule has 0 fully saturated rings. The van der Waals surface area contributed by atoms with E-state index in [9.17, 15) is 14.4 Å². The lowest BCUT2D eigenvalue weighted by Gasteiger charge is -2.16. The first kappa shape index (κ1) is 20.1. The first-order chi connectivity index (χ1) is 14.9. The van der Waals surface area contributed by atoms with Crippen LogP contribution in [0.4, 0.5) is 5.69 Å². The number of carbonyl (C=O) groups is 3. The molecular weight excluding hydrogens is 392 g/mol. The van der Waals surface area contributed by atoms with Crippen LogP contribution in [0.25, 0.3) is 21.5 Å². The van der Waals surface area contributed by atoms with Crippen LogP contribution in [0, 0.1) is 0 Å². The molecule has 4 aromatic carbocycles. The second-order valence-corrected chi connectivity index (χ2v) is 7.17. The predicted octanol–water partition coefficient (Wildman–Crippen LogP) is 4.28. The Bertz CT molecular complexity index is 1260. The molecule has 31 heavy (non-hydrogen) atoms. The lowest BCUT2D eigenvalue weighted by molar-refractivity contribution is -0.123. The number of nitrogens with one attached hydrogen (secondary N) is 1. The van der Waals surface area contributed by atoms with E-state index >= 15 is 0 Å². The van der Waals surface area contributed by atoms with Crippen molar-refractivity contribution in [3.05, 3.63) is 90.0 Å². The minimum Gasteiger partial charge on any atom is -0.449 e. The van der Waals surface area contributed by atoms with Crippen molar-refractivity contribution >= 4 is 45.0 Å². The van der Waals surface area contributed by atoms with E-state index in [1.165, 1.54) is 19.1 Å². The first-order valence-electron chi connectivity index (χ1n) is 9.76.